The predicted octanol–water partition coefficient (Wildman–Crippen LogP) is 2.68. The Morgan fingerprint density at radius 2 is 2.08 bits per heavy atom. The zero-order valence-electron chi connectivity index (χ0n) is 14.8. The van der Waals surface area contributed by atoms with Gasteiger partial charge in [-0.05, 0) is 25.8 Å². The standard InChI is InChI=1S/C19H21N5O2/c1-13-18(14(2)26-22-13)12-23-11-17(9-20-23)24-10-16(21-19(24)25)8-15-6-4-3-5-7-15/h3-7,9,11,16H,8,10,12H2,1-2H3,(H,21,25). The number of aromatic nitrogens is 3. The Morgan fingerprint density at radius 1 is 1.27 bits per heavy atom. The monoisotopic (exact) mass is 351 g/mol. The molecule has 1 fully saturated rings. The van der Waals surface area contributed by atoms with Crippen molar-refractivity contribution in [2.75, 3.05) is 11.4 Å². The lowest BCUT2D eigenvalue weighted by Gasteiger charge is -2.12. The number of benzene rings is 1. The van der Waals surface area contributed by atoms with E-state index in [0.29, 0.717) is 13.1 Å². The first-order valence-electron chi connectivity index (χ1n) is 8.66. The van der Waals surface area contributed by atoms with E-state index < -0.39 is 0 Å². The average molecular weight is 351 g/mol. The molecule has 7 heteroatoms. The summed E-state index contributed by atoms with van der Waals surface area (Å²) in [6, 6.07) is 10.2. The number of carbonyl (C=O) groups excluding carboxylic acids is 1. The molecule has 7 nitrogen and oxygen atoms in total. The van der Waals surface area contributed by atoms with Gasteiger partial charge in [0, 0.05) is 18.3 Å². The molecule has 134 valence electrons. The molecule has 0 spiro atoms. The van der Waals surface area contributed by atoms with Crippen molar-refractivity contribution in [3.8, 4) is 0 Å². The maximum atomic E-state index is 12.4. The van der Waals surface area contributed by atoms with Gasteiger partial charge < -0.3 is 9.84 Å². The van der Waals surface area contributed by atoms with Gasteiger partial charge in [-0.15, -0.1) is 0 Å². The van der Waals surface area contributed by atoms with Gasteiger partial charge in [-0.25, -0.2) is 4.79 Å². The summed E-state index contributed by atoms with van der Waals surface area (Å²) in [5, 5.41) is 11.4. The lowest BCUT2D eigenvalue weighted by atomic mass is 10.1. The number of aryl methyl sites for hydroxylation is 2. The van der Waals surface area contributed by atoms with Gasteiger partial charge >= 0.3 is 6.03 Å². The second-order valence-corrected chi connectivity index (χ2v) is 6.65. The third kappa shape index (κ3) is 3.20. The number of rotatable bonds is 5. The van der Waals surface area contributed by atoms with Crippen LogP contribution in [-0.4, -0.2) is 33.6 Å². The number of nitrogens with zero attached hydrogens (tertiary/aromatic N) is 4. The van der Waals surface area contributed by atoms with Crippen LogP contribution in [0.1, 0.15) is 22.6 Å². The van der Waals surface area contributed by atoms with Gasteiger partial charge in [0.25, 0.3) is 0 Å². The van der Waals surface area contributed by atoms with Crippen molar-refractivity contribution in [2.24, 2.45) is 0 Å². The highest BCUT2D eigenvalue weighted by molar-refractivity contribution is 5.94. The highest BCUT2D eigenvalue weighted by atomic mass is 16.5. The number of hydrogen-bond donors (Lipinski definition) is 1. The number of hydrogen-bond acceptors (Lipinski definition) is 4. The molecule has 1 saturated heterocycles. The number of amides is 2. The number of urea groups is 1. The summed E-state index contributed by atoms with van der Waals surface area (Å²) in [5.41, 5.74) is 3.90. The number of nitrogens with one attached hydrogen (secondary N) is 1. The second kappa shape index (κ2) is 6.67. The third-order valence-electron chi connectivity index (χ3n) is 4.73. The van der Waals surface area contributed by atoms with Crippen LogP contribution in [0.3, 0.4) is 0 Å². The highest BCUT2D eigenvalue weighted by Crippen LogP contribution is 2.21. The van der Waals surface area contributed by atoms with E-state index in [-0.39, 0.29) is 12.1 Å². The minimum absolute atomic E-state index is 0.0807. The van der Waals surface area contributed by atoms with E-state index in [9.17, 15) is 4.79 Å². The molecule has 0 bridgehead atoms. The summed E-state index contributed by atoms with van der Waals surface area (Å²) in [7, 11) is 0. The molecule has 1 N–H and O–H groups in total. The molecule has 1 unspecified atom stereocenters. The molecule has 1 atom stereocenters. The van der Waals surface area contributed by atoms with Gasteiger partial charge in [-0.2, -0.15) is 5.10 Å². The molecule has 1 aliphatic heterocycles. The highest BCUT2D eigenvalue weighted by Gasteiger charge is 2.30. The molecule has 26 heavy (non-hydrogen) atoms. The van der Waals surface area contributed by atoms with E-state index >= 15 is 0 Å². The van der Waals surface area contributed by atoms with Crippen LogP contribution in [-0.2, 0) is 13.0 Å². The molecule has 1 aromatic carbocycles. The average Bonchev–Trinajstić information content (AvgIpc) is 3.32. The van der Waals surface area contributed by atoms with Crippen LogP contribution in [0.15, 0.2) is 47.2 Å². The summed E-state index contributed by atoms with van der Waals surface area (Å²) < 4.78 is 7.00. The van der Waals surface area contributed by atoms with E-state index in [1.807, 2.05) is 38.2 Å². The number of anilines is 1. The fourth-order valence-electron chi connectivity index (χ4n) is 3.31. The Bertz CT molecular complexity index is 896. The van der Waals surface area contributed by atoms with Crippen molar-refractivity contribution >= 4 is 11.7 Å². The van der Waals surface area contributed by atoms with Gasteiger partial charge in [-0.1, -0.05) is 35.5 Å². The summed E-state index contributed by atoms with van der Waals surface area (Å²) >= 11 is 0. The van der Waals surface area contributed by atoms with Crippen molar-refractivity contribution < 1.29 is 9.32 Å². The Morgan fingerprint density at radius 3 is 2.81 bits per heavy atom. The van der Waals surface area contributed by atoms with E-state index in [4.69, 9.17) is 4.52 Å². The van der Waals surface area contributed by atoms with Crippen LogP contribution in [0.4, 0.5) is 10.5 Å². The molecule has 0 saturated carbocycles. The lowest BCUT2D eigenvalue weighted by Crippen LogP contribution is -2.29. The minimum atomic E-state index is -0.0807. The zero-order chi connectivity index (χ0) is 18.1. The van der Waals surface area contributed by atoms with Gasteiger partial charge in [0.1, 0.15) is 5.76 Å². The van der Waals surface area contributed by atoms with Gasteiger partial charge in [0.05, 0.1) is 30.2 Å². The van der Waals surface area contributed by atoms with Gasteiger partial charge in [0.2, 0.25) is 0 Å². The Balaban J connectivity index is 1.45. The molecule has 4 rings (SSSR count). The predicted molar refractivity (Wildman–Crippen MR) is 97.1 cm³/mol. The van der Waals surface area contributed by atoms with Gasteiger partial charge in [0.15, 0.2) is 0 Å². The molecule has 3 heterocycles. The largest absolute Gasteiger partial charge is 0.361 e. The van der Waals surface area contributed by atoms with Gasteiger partial charge in [-0.3, -0.25) is 9.58 Å². The SMILES string of the molecule is Cc1noc(C)c1Cn1cc(N2CC(Cc3ccccc3)NC2=O)cn1. The molecule has 0 radical (unpaired) electrons. The van der Waals surface area contributed by atoms with E-state index in [1.54, 1.807) is 15.8 Å². The first kappa shape index (κ1) is 16.4. The maximum absolute atomic E-state index is 12.4. The van der Waals surface area contributed by atoms with Crippen LogP contribution in [0.2, 0.25) is 0 Å². The van der Waals surface area contributed by atoms with E-state index in [0.717, 1.165) is 29.1 Å². The Kier molecular flexibility index (Phi) is 4.20. The Hall–Kier alpha value is -3.09. The molecule has 3 aromatic rings. The first-order chi connectivity index (χ1) is 12.6. The molecule has 2 amide bonds. The number of carbonyl (C=O) groups is 1. The second-order valence-electron chi connectivity index (χ2n) is 6.65. The molecular weight excluding hydrogens is 330 g/mol. The van der Waals surface area contributed by atoms with Crippen LogP contribution < -0.4 is 10.2 Å². The normalized spacial score (nSPS) is 16.9. The minimum Gasteiger partial charge on any atom is -0.361 e. The molecular formula is C19H21N5O2. The van der Waals surface area contributed by atoms with Crippen LogP contribution in [0, 0.1) is 13.8 Å². The molecule has 1 aliphatic rings. The summed E-state index contributed by atoms with van der Waals surface area (Å²) in [5.74, 6) is 0.793. The van der Waals surface area contributed by atoms with Crippen LogP contribution in [0.5, 0.6) is 0 Å². The first-order valence-corrected chi connectivity index (χ1v) is 8.66. The van der Waals surface area contributed by atoms with Crippen LogP contribution >= 0.6 is 0 Å². The lowest BCUT2D eigenvalue weighted by molar-refractivity contribution is 0.251. The van der Waals surface area contributed by atoms with Crippen molar-refractivity contribution in [1.82, 2.24) is 20.3 Å². The van der Waals surface area contributed by atoms with E-state index in [1.165, 1.54) is 5.56 Å². The van der Waals surface area contributed by atoms with Crippen molar-refractivity contribution in [3.63, 3.8) is 0 Å². The summed E-state index contributed by atoms with van der Waals surface area (Å²) in [6.07, 6.45) is 4.43. The zero-order valence-corrected chi connectivity index (χ0v) is 14.8. The smallest absolute Gasteiger partial charge is 0.322 e. The molecule has 2 aromatic heterocycles. The quantitative estimate of drug-likeness (QED) is 0.767. The van der Waals surface area contributed by atoms with Crippen molar-refractivity contribution in [1.29, 1.82) is 0 Å². The van der Waals surface area contributed by atoms with Crippen LogP contribution in [0.25, 0.3) is 0 Å². The fourth-order valence-corrected chi connectivity index (χ4v) is 3.31. The Labute approximate surface area is 151 Å². The topological polar surface area (TPSA) is 76.2 Å². The molecule has 0 aliphatic carbocycles. The summed E-state index contributed by atoms with van der Waals surface area (Å²) in [4.78, 5) is 14.1. The summed E-state index contributed by atoms with van der Waals surface area (Å²) in [6.45, 7) is 5.01. The fraction of sp³-hybridized carbons (Fsp3) is 0.316. The third-order valence-corrected chi connectivity index (χ3v) is 4.73. The van der Waals surface area contributed by atoms with Crippen molar-refractivity contribution in [2.45, 2.75) is 32.9 Å². The van der Waals surface area contributed by atoms with E-state index in [2.05, 4.69) is 27.7 Å². The van der Waals surface area contributed by atoms with Crippen molar-refractivity contribution in [3.05, 3.63) is 65.3 Å². The maximum Gasteiger partial charge on any atom is 0.322 e.